The number of nitrogens with one attached hydrogen (secondary N) is 1. The minimum absolute atomic E-state index is 0.0800. The van der Waals surface area contributed by atoms with E-state index in [1.54, 1.807) is 4.90 Å². The zero-order valence-electron chi connectivity index (χ0n) is 14.3. The fourth-order valence-corrected chi connectivity index (χ4v) is 3.78. The van der Waals surface area contributed by atoms with Crippen LogP contribution in [0.3, 0.4) is 0 Å². The van der Waals surface area contributed by atoms with E-state index < -0.39 is 6.10 Å². The molecule has 1 amide bonds. The molecule has 2 aliphatic heterocycles. The molecule has 134 valence electrons. The van der Waals surface area contributed by atoms with E-state index in [1.807, 2.05) is 6.07 Å². The van der Waals surface area contributed by atoms with E-state index in [1.165, 1.54) is 0 Å². The summed E-state index contributed by atoms with van der Waals surface area (Å²) in [6.45, 7) is 4.70. The Morgan fingerprint density at radius 3 is 2.71 bits per heavy atom. The standard InChI is InChI=1S/C17H28N4O3/c1-2-3-12-10-14(19-18-12)17(24)21-9-6-15(16(23)11-21)20-7-4-13(22)5-8-20/h10,13,15-16,22-23H,2-9,11H2,1H3,(H,18,19)/t15-,16-/m1/s1. The third-order valence-corrected chi connectivity index (χ3v) is 5.17. The summed E-state index contributed by atoms with van der Waals surface area (Å²) in [4.78, 5) is 16.5. The Morgan fingerprint density at radius 1 is 1.29 bits per heavy atom. The molecule has 2 fully saturated rings. The first-order valence-corrected chi connectivity index (χ1v) is 9.02. The normalized spacial score (nSPS) is 26.7. The number of hydrogen-bond acceptors (Lipinski definition) is 5. The number of likely N-dealkylation sites (tertiary alicyclic amines) is 2. The van der Waals surface area contributed by atoms with Gasteiger partial charge in [0.1, 0.15) is 5.69 Å². The van der Waals surface area contributed by atoms with E-state index in [0.717, 1.165) is 50.9 Å². The lowest BCUT2D eigenvalue weighted by Crippen LogP contribution is -2.57. The van der Waals surface area contributed by atoms with Gasteiger partial charge in [-0.1, -0.05) is 13.3 Å². The number of piperidine rings is 2. The number of hydrogen-bond donors (Lipinski definition) is 3. The molecule has 0 radical (unpaired) electrons. The van der Waals surface area contributed by atoms with E-state index >= 15 is 0 Å². The highest BCUT2D eigenvalue weighted by Gasteiger charge is 2.35. The van der Waals surface area contributed by atoms with Gasteiger partial charge in [-0.25, -0.2) is 0 Å². The van der Waals surface area contributed by atoms with Crippen LogP contribution in [-0.2, 0) is 6.42 Å². The van der Waals surface area contributed by atoms with E-state index in [9.17, 15) is 15.0 Å². The molecule has 0 aliphatic carbocycles. The monoisotopic (exact) mass is 336 g/mol. The molecule has 3 N–H and O–H groups in total. The van der Waals surface area contributed by atoms with E-state index in [-0.39, 0.29) is 18.1 Å². The third-order valence-electron chi connectivity index (χ3n) is 5.17. The van der Waals surface area contributed by atoms with Gasteiger partial charge in [0.15, 0.2) is 0 Å². The van der Waals surface area contributed by atoms with Crippen LogP contribution in [0.2, 0.25) is 0 Å². The van der Waals surface area contributed by atoms with Crippen LogP contribution in [0.25, 0.3) is 0 Å². The van der Waals surface area contributed by atoms with Crippen molar-refractivity contribution in [1.82, 2.24) is 20.0 Å². The molecule has 0 saturated carbocycles. The number of aromatic amines is 1. The molecular formula is C17H28N4O3. The fourth-order valence-electron chi connectivity index (χ4n) is 3.78. The summed E-state index contributed by atoms with van der Waals surface area (Å²) in [7, 11) is 0. The first-order chi connectivity index (χ1) is 11.6. The van der Waals surface area contributed by atoms with Gasteiger partial charge >= 0.3 is 0 Å². The van der Waals surface area contributed by atoms with Crippen molar-refractivity contribution in [1.29, 1.82) is 0 Å². The second kappa shape index (κ2) is 7.63. The lowest BCUT2D eigenvalue weighted by molar-refractivity contribution is -0.0292. The quantitative estimate of drug-likeness (QED) is 0.740. The van der Waals surface area contributed by atoms with Crippen LogP contribution in [0.5, 0.6) is 0 Å². The van der Waals surface area contributed by atoms with Crippen molar-refractivity contribution in [3.63, 3.8) is 0 Å². The molecule has 2 saturated heterocycles. The summed E-state index contributed by atoms with van der Waals surface area (Å²) in [5, 5.41) is 27.2. The maximum absolute atomic E-state index is 12.6. The largest absolute Gasteiger partial charge is 0.393 e. The highest BCUT2D eigenvalue weighted by Crippen LogP contribution is 2.22. The lowest BCUT2D eigenvalue weighted by Gasteiger charge is -2.43. The van der Waals surface area contributed by atoms with Gasteiger partial charge in [0, 0.05) is 37.9 Å². The number of aliphatic hydroxyl groups is 2. The van der Waals surface area contributed by atoms with E-state index in [0.29, 0.717) is 18.8 Å². The molecule has 0 bridgehead atoms. The van der Waals surface area contributed by atoms with Crippen molar-refractivity contribution in [2.45, 2.75) is 57.3 Å². The van der Waals surface area contributed by atoms with Crippen molar-refractivity contribution in [2.24, 2.45) is 0 Å². The number of aryl methyl sites for hydroxylation is 1. The molecule has 3 rings (SSSR count). The molecule has 7 heteroatoms. The van der Waals surface area contributed by atoms with Gasteiger partial charge in [0.05, 0.1) is 12.2 Å². The number of nitrogens with zero attached hydrogens (tertiary/aromatic N) is 3. The summed E-state index contributed by atoms with van der Waals surface area (Å²) in [6.07, 6.45) is 3.41. The van der Waals surface area contributed by atoms with Crippen molar-refractivity contribution in [2.75, 3.05) is 26.2 Å². The van der Waals surface area contributed by atoms with Gasteiger partial charge in [0.2, 0.25) is 0 Å². The molecule has 0 spiro atoms. The Bertz CT molecular complexity index is 554. The molecule has 7 nitrogen and oxygen atoms in total. The smallest absolute Gasteiger partial charge is 0.274 e. The Balaban J connectivity index is 1.57. The van der Waals surface area contributed by atoms with Gasteiger partial charge in [-0.15, -0.1) is 0 Å². The van der Waals surface area contributed by atoms with Gasteiger partial charge in [0.25, 0.3) is 5.91 Å². The lowest BCUT2D eigenvalue weighted by atomic mass is 9.96. The number of amides is 1. The first-order valence-electron chi connectivity index (χ1n) is 9.02. The SMILES string of the molecule is CCCc1cc(C(=O)N2CC[C@@H](N3CCC(O)CC3)[C@H](O)C2)n[nH]1. The third kappa shape index (κ3) is 3.79. The van der Waals surface area contributed by atoms with Crippen molar-refractivity contribution < 1.29 is 15.0 Å². The average molecular weight is 336 g/mol. The van der Waals surface area contributed by atoms with E-state index in [4.69, 9.17) is 0 Å². The summed E-state index contributed by atoms with van der Waals surface area (Å²) in [5.74, 6) is -0.111. The second-order valence-corrected chi connectivity index (χ2v) is 6.97. The van der Waals surface area contributed by atoms with Gasteiger partial charge in [-0.05, 0) is 31.7 Å². The molecule has 24 heavy (non-hydrogen) atoms. The minimum atomic E-state index is -0.549. The predicted molar refractivity (Wildman–Crippen MR) is 89.7 cm³/mol. The highest BCUT2D eigenvalue weighted by molar-refractivity contribution is 5.92. The van der Waals surface area contributed by atoms with Gasteiger partial charge in [-0.3, -0.25) is 14.8 Å². The van der Waals surface area contributed by atoms with Crippen LogP contribution in [0.4, 0.5) is 0 Å². The van der Waals surface area contributed by atoms with E-state index in [2.05, 4.69) is 22.0 Å². The number of aliphatic hydroxyl groups excluding tert-OH is 2. The van der Waals surface area contributed by atoms with Crippen LogP contribution in [0.15, 0.2) is 6.07 Å². The van der Waals surface area contributed by atoms with Crippen LogP contribution in [0, 0.1) is 0 Å². The summed E-state index contributed by atoms with van der Waals surface area (Å²) < 4.78 is 0. The molecular weight excluding hydrogens is 308 g/mol. The first kappa shape index (κ1) is 17.4. The van der Waals surface area contributed by atoms with Crippen LogP contribution in [-0.4, -0.2) is 80.5 Å². The average Bonchev–Trinajstić information content (AvgIpc) is 3.04. The van der Waals surface area contributed by atoms with Gasteiger partial charge in [-0.2, -0.15) is 5.10 Å². The molecule has 2 aliphatic rings. The second-order valence-electron chi connectivity index (χ2n) is 6.97. The molecule has 2 atom stereocenters. The topological polar surface area (TPSA) is 92.7 Å². The highest BCUT2D eigenvalue weighted by atomic mass is 16.3. The number of H-pyrrole nitrogens is 1. The molecule has 3 heterocycles. The number of β-amino-alcohol motifs (C(OH)–C–C–N with tert-alkyl or cyclic N) is 1. The Morgan fingerprint density at radius 2 is 2.04 bits per heavy atom. The summed E-state index contributed by atoms with van der Waals surface area (Å²) in [6, 6.07) is 1.90. The number of carbonyl (C=O) groups is 1. The van der Waals surface area contributed by atoms with Crippen molar-refractivity contribution in [3.05, 3.63) is 17.5 Å². The number of aromatic nitrogens is 2. The van der Waals surface area contributed by atoms with Crippen LogP contribution >= 0.6 is 0 Å². The molecule has 1 aromatic heterocycles. The minimum Gasteiger partial charge on any atom is -0.393 e. The van der Waals surface area contributed by atoms with Crippen LogP contribution < -0.4 is 0 Å². The van der Waals surface area contributed by atoms with Crippen molar-refractivity contribution in [3.8, 4) is 0 Å². The molecule has 0 aromatic carbocycles. The zero-order chi connectivity index (χ0) is 17.1. The Kier molecular flexibility index (Phi) is 5.53. The summed E-state index contributed by atoms with van der Waals surface area (Å²) >= 11 is 0. The summed E-state index contributed by atoms with van der Waals surface area (Å²) in [5.41, 5.74) is 1.41. The maximum atomic E-state index is 12.6. The van der Waals surface area contributed by atoms with Crippen molar-refractivity contribution >= 4 is 5.91 Å². The number of carbonyl (C=O) groups excluding carboxylic acids is 1. The Hall–Kier alpha value is -1.44. The van der Waals surface area contributed by atoms with Crippen LogP contribution in [0.1, 0.15) is 48.8 Å². The molecule has 0 unspecified atom stereocenters. The zero-order valence-corrected chi connectivity index (χ0v) is 14.3. The maximum Gasteiger partial charge on any atom is 0.274 e. The molecule has 1 aromatic rings. The number of rotatable bonds is 4. The fraction of sp³-hybridized carbons (Fsp3) is 0.765. The predicted octanol–water partition coefficient (Wildman–Crippen LogP) is 0.394. The Labute approximate surface area is 142 Å². The van der Waals surface area contributed by atoms with Gasteiger partial charge < -0.3 is 15.1 Å².